The zero-order valence-electron chi connectivity index (χ0n) is 10.7. The lowest BCUT2D eigenvalue weighted by atomic mass is 10.2. The van der Waals surface area contributed by atoms with Crippen molar-refractivity contribution in [3.63, 3.8) is 0 Å². The Morgan fingerprint density at radius 2 is 2.05 bits per heavy atom. The average Bonchev–Trinajstić information content (AvgIpc) is 2.72. The monoisotopic (exact) mass is 316 g/mol. The first-order chi connectivity index (χ1) is 9.11. The van der Waals surface area contributed by atoms with Crippen LogP contribution >= 0.6 is 15.9 Å². The first-order valence-electron chi connectivity index (χ1n) is 5.97. The number of fused-ring (bicyclic) bond motifs is 1. The van der Waals surface area contributed by atoms with Crippen molar-refractivity contribution in [2.45, 2.75) is 13.8 Å². The number of imidazole rings is 1. The lowest BCUT2D eigenvalue weighted by Crippen LogP contribution is -1.96. The molecule has 2 heterocycles. The molecule has 1 aromatic carbocycles. The van der Waals surface area contributed by atoms with Gasteiger partial charge in [0, 0.05) is 16.4 Å². The maximum absolute atomic E-state index is 4.39. The zero-order chi connectivity index (χ0) is 13.4. The second kappa shape index (κ2) is 4.66. The Bertz CT molecular complexity index is 748. The van der Waals surface area contributed by atoms with E-state index in [4.69, 9.17) is 0 Å². The minimum absolute atomic E-state index is 0.860. The molecule has 0 amide bonds. The van der Waals surface area contributed by atoms with Crippen LogP contribution < -0.4 is 5.32 Å². The Hall–Kier alpha value is -1.88. The highest BCUT2D eigenvalue weighted by Gasteiger charge is 2.04. The number of halogens is 1. The standard InChI is InChI=1S/C14H13BrN4/c1-8-5-10(15)7-16-14(8)19-11-3-4-12-13(6-11)18-9(2)17-12/h3-7H,1-2H3,(H,16,19)(H,17,18). The molecule has 0 bridgehead atoms. The summed E-state index contributed by atoms with van der Waals surface area (Å²) >= 11 is 3.41. The quantitative estimate of drug-likeness (QED) is 0.749. The number of pyridine rings is 1. The van der Waals surface area contributed by atoms with Crippen molar-refractivity contribution in [3.05, 3.63) is 46.3 Å². The predicted octanol–water partition coefficient (Wildman–Crippen LogP) is 4.08. The number of H-pyrrole nitrogens is 1. The van der Waals surface area contributed by atoms with E-state index < -0.39 is 0 Å². The Kier molecular flexibility index (Phi) is 2.98. The topological polar surface area (TPSA) is 53.6 Å². The van der Waals surface area contributed by atoms with E-state index in [9.17, 15) is 0 Å². The Morgan fingerprint density at radius 1 is 1.21 bits per heavy atom. The van der Waals surface area contributed by atoms with E-state index in [0.29, 0.717) is 0 Å². The predicted molar refractivity (Wildman–Crippen MR) is 80.8 cm³/mol. The molecule has 0 aliphatic heterocycles. The maximum atomic E-state index is 4.39. The molecular formula is C14H13BrN4. The first kappa shape index (κ1) is 12.2. The molecule has 0 saturated heterocycles. The summed E-state index contributed by atoms with van der Waals surface area (Å²) in [5.74, 6) is 1.78. The van der Waals surface area contributed by atoms with Crippen LogP contribution in [0.15, 0.2) is 34.9 Å². The van der Waals surface area contributed by atoms with E-state index in [-0.39, 0.29) is 0 Å². The van der Waals surface area contributed by atoms with E-state index in [1.165, 1.54) is 0 Å². The van der Waals surface area contributed by atoms with E-state index in [1.807, 2.05) is 38.1 Å². The van der Waals surface area contributed by atoms with E-state index in [0.717, 1.165) is 38.4 Å². The molecule has 4 nitrogen and oxygen atoms in total. The van der Waals surface area contributed by atoms with Crippen LogP contribution in [0.25, 0.3) is 11.0 Å². The Balaban J connectivity index is 1.96. The Morgan fingerprint density at radius 3 is 2.84 bits per heavy atom. The molecule has 0 spiro atoms. The molecule has 0 atom stereocenters. The van der Waals surface area contributed by atoms with Gasteiger partial charge in [-0.3, -0.25) is 0 Å². The molecule has 3 rings (SSSR count). The van der Waals surface area contributed by atoms with Crippen molar-refractivity contribution in [3.8, 4) is 0 Å². The third kappa shape index (κ3) is 2.46. The van der Waals surface area contributed by atoms with E-state index in [1.54, 1.807) is 6.20 Å². The number of hydrogen-bond donors (Lipinski definition) is 2. The highest BCUT2D eigenvalue weighted by atomic mass is 79.9. The molecular weight excluding hydrogens is 304 g/mol. The van der Waals surface area contributed by atoms with Crippen molar-refractivity contribution in [1.29, 1.82) is 0 Å². The third-order valence-corrected chi connectivity index (χ3v) is 3.34. The van der Waals surface area contributed by atoms with Crippen molar-refractivity contribution < 1.29 is 0 Å². The number of anilines is 2. The second-order valence-corrected chi connectivity index (χ2v) is 5.41. The fraction of sp³-hybridized carbons (Fsp3) is 0.143. The third-order valence-electron chi connectivity index (χ3n) is 2.91. The molecule has 0 fully saturated rings. The number of aromatic amines is 1. The number of benzene rings is 1. The first-order valence-corrected chi connectivity index (χ1v) is 6.77. The van der Waals surface area contributed by atoms with E-state index >= 15 is 0 Å². The Labute approximate surface area is 119 Å². The van der Waals surface area contributed by atoms with Crippen molar-refractivity contribution in [2.24, 2.45) is 0 Å². The van der Waals surface area contributed by atoms with E-state index in [2.05, 4.69) is 36.2 Å². The summed E-state index contributed by atoms with van der Waals surface area (Å²) in [6, 6.07) is 8.08. The largest absolute Gasteiger partial charge is 0.342 e. The van der Waals surface area contributed by atoms with Crippen molar-refractivity contribution in [2.75, 3.05) is 5.32 Å². The summed E-state index contributed by atoms with van der Waals surface area (Å²) in [6.45, 7) is 3.98. The fourth-order valence-corrected chi connectivity index (χ4v) is 2.47. The summed E-state index contributed by atoms with van der Waals surface area (Å²) in [4.78, 5) is 12.0. The highest BCUT2D eigenvalue weighted by molar-refractivity contribution is 9.10. The van der Waals surface area contributed by atoms with Gasteiger partial charge in [-0.25, -0.2) is 9.97 Å². The van der Waals surface area contributed by atoms with Gasteiger partial charge in [0.25, 0.3) is 0 Å². The number of aryl methyl sites for hydroxylation is 2. The van der Waals surface area contributed by atoms with Gasteiger partial charge >= 0.3 is 0 Å². The normalized spacial score (nSPS) is 10.9. The summed E-state index contributed by atoms with van der Waals surface area (Å²) in [5.41, 5.74) is 4.09. The van der Waals surface area contributed by atoms with Gasteiger partial charge < -0.3 is 10.3 Å². The second-order valence-electron chi connectivity index (χ2n) is 4.50. The van der Waals surface area contributed by atoms with Gasteiger partial charge in [-0.05, 0) is 59.6 Å². The van der Waals surface area contributed by atoms with Gasteiger partial charge in [-0.15, -0.1) is 0 Å². The number of rotatable bonds is 2. The molecule has 0 aliphatic rings. The smallest absolute Gasteiger partial charge is 0.133 e. The molecule has 2 N–H and O–H groups in total. The highest BCUT2D eigenvalue weighted by Crippen LogP contribution is 2.23. The van der Waals surface area contributed by atoms with Crippen LogP contribution in [-0.2, 0) is 0 Å². The maximum Gasteiger partial charge on any atom is 0.133 e. The molecule has 0 aliphatic carbocycles. The van der Waals surface area contributed by atoms with Gasteiger partial charge in [-0.2, -0.15) is 0 Å². The van der Waals surface area contributed by atoms with Crippen LogP contribution in [0, 0.1) is 13.8 Å². The van der Waals surface area contributed by atoms with Gasteiger partial charge in [0.2, 0.25) is 0 Å². The number of hydrogen-bond acceptors (Lipinski definition) is 3. The number of aromatic nitrogens is 3. The van der Waals surface area contributed by atoms with Crippen molar-refractivity contribution in [1.82, 2.24) is 15.0 Å². The lowest BCUT2D eigenvalue weighted by molar-refractivity contribution is 1.17. The summed E-state index contributed by atoms with van der Waals surface area (Å²) in [6.07, 6.45) is 1.79. The molecule has 19 heavy (non-hydrogen) atoms. The number of nitrogens with one attached hydrogen (secondary N) is 2. The minimum Gasteiger partial charge on any atom is -0.342 e. The van der Waals surface area contributed by atoms with Crippen LogP contribution in [0.1, 0.15) is 11.4 Å². The van der Waals surface area contributed by atoms with Crippen LogP contribution in [0.4, 0.5) is 11.5 Å². The lowest BCUT2D eigenvalue weighted by Gasteiger charge is -2.08. The van der Waals surface area contributed by atoms with Gasteiger partial charge in [0.05, 0.1) is 11.0 Å². The van der Waals surface area contributed by atoms with Gasteiger partial charge in [-0.1, -0.05) is 0 Å². The van der Waals surface area contributed by atoms with Crippen LogP contribution in [0.2, 0.25) is 0 Å². The summed E-state index contributed by atoms with van der Waals surface area (Å²) < 4.78 is 0.982. The zero-order valence-corrected chi connectivity index (χ0v) is 12.2. The molecule has 2 aromatic heterocycles. The molecule has 0 unspecified atom stereocenters. The average molecular weight is 317 g/mol. The van der Waals surface area contributed by atoms with Crippen LogP contribution in [0.5, 0.6) is 0 Å². The summed E-state index contributed by atoms with van der Waals surface area (Å²) in [5, 5.41) is 3.32. The minimum atomic E-state index is 0.860. The van der Waals surface area contributed by atoms with Gasteiger partial charge in [0.1, 0.15) is 11.6 Å². The van der Waals surface area contributed by atoms with Crippen molar-refractivity contribution >= 4 is 38.5 Å². The van der Waals surface area contributed by atoms with Crippen LogP contribution in [-0.4, -0.2) is 15.0 Å². The molecule has 3 aromatic rings. The molecule has 0 radical (unpaired) electrons. The van der Waals surface area contributed by atoms with Gasteiger partial charge in [0.15, 0.2) is 0 Å². The molecule has 96 valence electrons. The molecule has 5 heteroatoms. The number of nitrogens with zero attached hydrogens (tertiary/aromatic N) is 2. The summed E-state index contributed by atoms with van der Waals surface area (Å²) in [7, 11) is 0. The SMILES string of the molecule is Cc1nc2ccc(Nc3ncc(Br)cc3C)cc2[nH]1. The molecule has 0 saturated carbocycles. The fourth-order valence-electron chi connectivity index (χ4n) is 2.02. The van der Waals surface area contributed by atoms with Crippen LogP contribution in [0.3, 0.4) is 0 Å².